The minimum Gasteiger partial charge on any atom is -0.497 e. The summed E-state index contributed by atoms with van der Waals surface area (Å²) in [4.78, 5) is 24.1. The quantitative estimate of drug-likeness (QED) is 0.621. The van der Waals surface area contributed by atoms with Crippen LogP contribution in [0, 0.1) is 6.92 Å². The molecule has 0 radical (unpaired) electrons. The van der Waals surface area contributed by atoms with Crippen LogP contribution in [-0.4, -0.2) is 36.1 Å². The summed E-state index contributed by atoms with van der Waals surface area (Å²) in [5.41, 5.74) is 2.00. The molecule has 1 aromatic carbocycles. The third-order valence-electron chi connectivity index (χ3n) is 4.96. The summed E-state index contributed by atoms with van der Waals surface area (Å²) in [7, 11) is 1.59. The molecular formula is C21H24N4O2S. The highest BCUT2D eigenvalue weighted by Crippen LogP contribution is 2.38. The van der Waals surface area contributed by atoms with Gasteiger partial charge in [-0.2, -0.15) is 0 Å². The molecule has 0 fully saturated rings. The number of nitrogens with zero attached hydrogens (tertiary/aromatic N) is 2. The van der Waals surface area contributed by atoms with E-state index in [4.69, 9.17) is 4.74 Å². The van der Waals surface area contributed by atoms with Gasteiger partial charge >= 0.3 is 0 Å². The second kappa shape index (κ2) is 8.14. The van der Waals surface area contributed by atoms with Crippen molar-refractivity contribution in [1.82, 2.24) is 15.3 Å². The number of nitrogens with one attached hydrogen (secondary N) is 2. The topological polar surface area (TPSA) is 76.1 Å². The molecule has 1 amide bonds. The Bertz CT molecular complexity index is 1020. The van der Waals surface area contributed by atoms with Gasteiger partial charge in [0, 0.05) is 23.5 Å². The minimum atomic E-state index is -0.113. The molecule has 2 heterocycles. The highest BCUT2D eigenvalue weighted by molar-refractivity contribution is 7.19. The molecule has 0 aliphatic heterocycles. The Morgan fingerprint density at radius 2 is 2.07 bits per heavy atom. The number of aromatic nitrogens is 2. The van der Waals surface area contributed by atoms with E-state index in [9.17, 15) is 4.79 Å². The van der Waals surface area contributed by atoms with Crippen LogP contribution in [0.4, 0.5) is 5.82 Å². The minimum absolute atomic E-state index is 0.113. The number of methoxy groups -OCH3 is 1. The molecule has 6 nitrogen and oxygen atoms in total. The van der Waals surface area contributed by atoms with Crippen LogP contribution >= 0.6 is 11.3 Å². The summed E-state index contributed by atoms with van der Waals surface area (Å²) in [5.74, 6) is 2.22. The van der Waals surface area contributed by atoms with E-state index in [1.54, 1.807) is 30.6 Å². The molecule has 1 aliphatic carbocycles. The fourth-order valence-corrected chi connectivity index (χ4v) is 4.92. The van der Waals surface area contributed by atoms with E-state index in [1.165, 1.54) is 28.7 Å². The zero-order chi connectivity index (χ0) is 19.5. The number of ether oxygens (including phenoxy) is 1. The van der Waals surface area contributed by atoms with Crippen LogP contribution in [0.1, 0.15) is 39.5 Å². The summed E-state index contributed by atoms with van der Waals surface area (Å²) in [6.07, 6.45) is 4.72. The molecule has 0 unspecified atom stereocenters. The predicted octanol–water partition coefficient (Wildman–Crippen LogP) is 3.73. The van der Waals surface area contributed by atoms with E-state index in [2.05, 4.69) is 20.6 Å². The molecule has 0 saturated heterocycles. The number of carbonyl (C=O) groups excluding carboxylic acids is 1. The van der Waals surface area contributed by atoms with Gasteiger partial charge in [-0.3, -0.25) is 4.79 Å². The van der Waals surface area contributed by atoms with Crippen LogP contribution in [-0.2, 0) is 12.8 Å². The zero-order valence-corrected chi connectivity index (χ0v) is 17.0. The third-order valence-corrected chi connectivity index (χ3v) is 6.15. The van der Waals surface area contributed by atoms with E-state index < -0.39 is 0 Å². The van der Waals surface area contributed by atoms with Gasteiger partial charge in [0.2, 0.25) is 0 Å². The number of anilines is 1. The van der Waals surface area contributed by atoms with Crippen molar-refractivity contribution in [3.05, 3.63) is 46.1 Å². The molecule has 1 aliphatic rings. The summed E-state index contributed by atoms with van der Waals surface area (Å²) >= 11 is 1.80. The summed E-state index contributed by atoms with van der Waals surface area (Å²) in [5, 5.41) is 7.52. The fraction of sp³-hybridized carbons (Fsp3) is 0.381. The summed E-state index contributed by atoms with van der Waals surface area (Å²) in [6, 6.07) is 7.15. The van der Waals surface area contributed by atoms with Crippen molar-refractivity contribution in [3.8, 4) is 5.75 Å². The monoisotopic (exact) mass is 396 g/mol. The van der Waals surface area contributed by atoms with Crippen LogP contribution in [0.3, 0.4) is 0 Å². The van der Waals surface area contributed by atoms with E-state index in [1.807, 2.05) is 19.1 Å². The van der Waals surface area contributed by atoms with Gasteiger partial charge in [-0.15, -0.1) is 11.3 Å². The second-order valence-electron chi connectivity index (χ2n) is 6.93. The van der Waals surface area contributed by atoms with Crippen LogP contribution in [0.5, 0.6) is 5.75 Å². The van der Waals surface area contributed by atoms with Crippen LogP contribution in [0.15, 0.2) is 24.3 Å². The smallest absolute Gasteiger partial charge is 0.251 e. The molecule has 0 spiro atoms. The Kier molecular flexibility index (Phi) is 5.43. The van der Waals surface area contributed by atoms with Gasteiger partial charge in [0.15, 0.2) is 0 Å². The normalized spacial score (nSPS) is 13.2. The first kappa shape index (κ1) is 18.7. The number of hydrogen-bond acceptors (Lipinski definition) is 6. The Labute approximate surface area is 168 Å². The maximum absolute atomic E-state index is 12.3. The van der Waals surface area contributed by atoms with Crippen molar-refractivity contribution in [2.24, 2.45) is 0 Å². The second-order valence-corrected chi connectivity index (χ2v) is 8.01. The molecule has 7 heteroatoms. The lowest BCUT2D eigenvalue weighted by atomic mass is 9.97. The molecule has 2 aromatic heterocycles. The van der Waals surface area contributed by atoms with E-state index in [0.29, 0.717) is 24.4 Å². The summed E-state index contributed by atoms with van der Waals surface area (Å²) < 4.78 is 5.17. The Morgan fingerprint density at radius 3 is 2.93 bits per heavy atom. The van der Waals surface area contributed by atoms with Gasteiger partial charge in [0.05, 0.1) is 12.5 Å². The van der Waals surface area contributed by atoms with Gasteiger partial charge in [0.25, 0.3) is 5.91 Å². The molecule has 4 rings (SSSR count). The molecule has 0 atom stereocenters. The highest BCUT2D eigenvalue weighted by Gasteiger charge is 2.20. The predicted molar refractivity (Wildman–Crippen MR) is 113 cm³/mol. The molecule has 0 saturated carbocycles. The van der Waals surface area contributed by atoms with Crippen molar-refractivity contribution < 1.29 is 9.53 Å². The first-order chi connectivity index (χ1) is 13.7. The number of amides is 1. The van der Waals surface area contributed by atoms with Crippen LogP contribution < -0.4 is 15.4 Å². The highest BCUT2D eigenvalue weighted by atomic mass is 32.1. The third kappa shape index (κ3) is 3.80. The first-order valence-electron chi connectivity index (χ1n) is 9.60. The van der Waals surface area contributed by atoms with Gasteiger partial charge in [0.1, 0.15) is 22.2 Å². The number of aryl methyl sites for hydroxylation is 3. The lowest BCUT2D eigenvalue weighted by Crippen LogP contribution is -2.29. The maximum atomic E-state index is 12.3. The van der Waals surface area contributed by atoms with Crippen molar-refractivity contribution in [3.63, 3.8) is 0 Å². The standard InChI is InChI=1S/C21H24N4O2S/c1-13-24-19(18-16-8-3-4-9-17(16)28-21(18)25-13)22-10-11-23-20(26)14-6-5-7-15(12-14)27-2/h5-7,12H,3-4,8-11H2,1-2H3,(H,23,26)(H,22,24,25). The van der Waals surface area contributed by atoms with Gasteiger partial charge < -0.3 is 15.4 Å². The number of hydrogen-bond donors (Lipinski definition) is 2. The summed E-state index contributed by atoms with van der Waals surface area (Å²) in [6.45, 7) is 3.03. The van der Waals surface area contributed by atoms with E-state index in [0.717, 1.165) is 29.3 Å². The Morgan fingerprint density at radius 1 is 1.21 bits per heavy atom. The van der Waals surface area contributed by atoms with E-state index in [-0.39, 0.29) is 5.91 Å². The van der Waals surface area contributed by atoms with Crippen LogP contribution in [0.25, 0.3) is 10.2 Å². The molecule has 3 aromatic rings. The van der Waals surface area contributed by atoms with Crippen molar-refractivity contribution >= 4 is 33.3 Å². The van der Waals surface area contributed by atoms with E-state index >= 15 is 0 Å². The SMILES string of the molecule is COc1cccc(C(=O)NCCNc2nc(C)nc3sc4c(c23)CCCC4)c1. The number of fused-ring (bicyclic) bond motifs is 3. The Hall–Kier alpha value is -2.67. The molecule has 146 valence electrons. The largest absolute Gasteiger partial charge is 0.497 e. The fourth-order valence-electron chi connectivity index (χ4n) is 3.62. The lowest BCUT2D eigenvalue weighted by Gasteiger charge is -2.13. The average Bonchev–Trinajstić information content (AvgIpc) is 3.09. The van der Waals surface area contributed by atoms with Gasteiger partial charge in [-0.25, -0.2) is 9.97 Å². The zero-order valence-electron chi connectivity index (χ0n) is 16.2. The van der Waals surface area contributed by atoms with Gasteiger partial charge in [-0.1, -0.05) is 6.07 Å². The molecular weight excluding hydrogens is 372 g/mol. The number of carbonyl (C=O) groups is 1. The van der Waals surface area contributed by atoms with Crippen LogP contribution in [0.2, 0.25) is 0 Å². The average molecular weight is 397 g/mol. The number of thiophene rings is 1. The number of rotatable bonds is 6. The maximum Gasteiger partial charge on any atom is 0.251 e. The van der Waals surface area contributed by atoms with Crippen molar-refractivity contribution in [2.45, 2.75) is 32.6 Å². The number of benzene rings is 1. The van der Waals surface area contributed by atoms with Gasteiger partial charge in [-0.05, 0) is 56.4 Å². The van der Waals surface area contributed by atoms with Crippen molar-refractivity contribution in [2.75, 3.05) is 25.5 Å². The Balaban J connectivity index is 1.43. The molecule has 28 heavy (non-hydrogen) atoms. The molecule has 2 N–H and O–H groups in total. The first-order valence-corrected chi connectivity index (χ1v) is 10.4. The lowest BCUT2D eigenvalue weighted by molar-refractivity contribution is 0.0955. The molecule has 0 bridgehead atoms. The van der Waals surface area contributed by atoms with Crippen molar-refractivity contribution in [1.29, 1.82) is 0 Å².